The van der Waals surface area contributed by atoms with E-state index >= 15 is 0 Å². The first kappa shape index (κ1) is 7.83. The number of H-pyrrole nitrogens is 1. The highest BCUT2D eigenvalue weighted by Crippen LogP contribution is 2.23. The summed E-state index contributed by atoms with van der Waals surface area (Å²) in [6, 6.07) is 2.00. The first-order chi connectivity index (χ1) is 5.90. The smallest absolute Gasteiger partial charge is 0.125 e. The number of nitrogens with one attached hydrogen (secondary N) is 1. The minimum absolute atomic E-state index is 0.487. The number of thiazole rings is 1. The molecule has 0 aliphatic rings. The number of rotatable bonds is 2. The molecule has 0 unspecified atom stereocenters. The molecule has 0 bridgehead atoms. The van der Waals surface area contributed by atoms with Crippen LogP contribution in [0.2, 0.25) is 0 Å². The Morgan fingerprint density at radius 3 is 3.08 bits per heavy atom. The summed E-state index contributed by atoms with van der Waals surface area (Å²) >= 11 is 7.25. The minimum atomic E-state index is 0.487. The number of aromatic nitrogens is 2. The number of alkyl halides is 1. The van der Waals surface area contributed by atoms with Crippen molar-refractivity contribution in [2.24, 2.45) is 0 Å². The van der Waals surface area contributed by atoms with Crippen molar-refractivity contribution in [1.29, 1.82) is 0 Å². The molecule has 4 heteroatoms. The van der Waals surface area contributed by atoms with Crippen LogP contribution in [0.15, 0.2) is 23.8 Å². The predicted molar refractivity (Wildman–Crippen MR) is 51.5 cm³/mol. The summed E-state index contributed by atoms with van der Waals surface area (Å²) in [5.74, 6) is 0.487. The molecular weight excluding hydrogens is 192 g/mol. The lowest BCUT2D eigenvalue weighted by molar-refractivity contribution is 1.23. The molecule has 2 aromatic heterocycles. The van der Waals surface area contributed by atoms with Crippen LogP contribution >= 0.6 is 22.9 Å². The maximum absolute atomic E-state index is 5.64. The Balaban J connectivity index is 2.35. The van der Waals surface area contributed by atoms with Gasteiger partial charge in [-0.3, -0.25) is 0 Å². The average Bonchev–Trinajstić information content (AvgIpc) is 2.75. The van der Waals surface area contributed by atoms with Crippen LogP contribution in [0.5, 0.6) is 0 Å². The zero-order chi connectivity index (χ0) is 8.39. The summed E-state index contributed by atoms with van der Waals surface area (Å²) < 4.78 is 0. The van der Waals surface area contributed by atoms with Gasteiger partial charge in [0, 0.05) is 23.3 Å². The third kappa shape index (κ3) is 1.38. The van der Waals surface area contributed by atoms with Crippen LogP contribution in [-0.2, 0) is 5.88 Å². The van der Waals surface area contributed by atoms with E-state index in [-0.39, 0.29) is 0 Å². The standard InChI is InChI=1S/C8H7ClN2S/c9-3-7-5-12-8(11-7)6-1-2-10-4-6/h1-2,4-5,10H,3H2. The normalized spacial score (nSPS) is 10.4. The van der Waals surface area contributed by atoms with E-state index < -0.39 is 0 Å². The van der Waals surface area contributed by atoms with Gasteiger partial charge in [0.15, 0.2) is 0 Å². The predicted octanol–water partition coefficient (Wildman–Crippen LogP) is 2.88. The van der Waals surface area contributed by atoms with Gasteiger partial charge in [-0.25, -0.2) is 4.98 Å². The molecule has 1 N–H and O–H groups in total. The van der Waals surface area contributed by atoms with Crippen LogP contribution in [0, 0.1) is 0 Å². The first-order valence-electron chi connectivity index (χ1n) is 3.53. The summed E-state index contributed by atoms with van der Waals surface area (Å²) in [5.41, 5.74) is 2.06. The second kappa shape index (κ2) is 3.29. The zero-order valence-corrected chi connectivity index (χ0v) is 7.82. The molecule has 12 heavy (non-hydrogen) atoms. The Kier molecular flexibility index (Phi) is 2.15. The minimum Gasteiger partial charge on any atom is -0.367 e. The number of aromatic amines is 1. The molecule has 0 aromatic carbocycles. The Morgan fingerprint density at radius 2 is 2.50 bits per heavy atom. The maximum atomic E-state index is 5.64. The molecule has 62 valence electrons. The van der Waals surface area contributed by atoms with Gasteiger partial charge in [0.1, 0.15) is 5.01 Å². The third-order valence-electron chi connectivity index (χ3n) is 1.53. The van der Waals surface area contributed by atoms with Crippen molar-refractivity contribution in [3.63, 3.8) is 0 Å². The van der Waals surface area contributed by atoms with Crippen LogP contribution in [0.25, 0.3) is 10.6 Å². The highest BCUT2D eigenvalue weighted by Gasteiger charge is 2.02. The van der Waals surface area contributed by atoms with E-state index in [9.17, 15) is 0 Å². The van der Waals surface area contributed by atoms with Crippen LogP contribution in [0.4, 0.5) is 0 Å². The van der Waals surface area contributed by atoms with E-state index in [0.717, 1.165) is 16.3 Å². The van der Waals surface area contributed by atoms with Crippen molar-refractivity contribution >= 4 is 22.9 Å². The van der Waals surface area contributed by atoms with E-state index in [0.29, 0.717) is 5.88 Å². The molecule has 0 saturated heterocycles. The summed E-state index contributed by atoms with van der Waals surface area (Å²) in [5, 5.41) is 3.00. The second-order valence-electron chi connectivity index (χ2n) is 2.38. The molecule has 0 saturated carbocycles. The topological polar surface area (TPSA) is 28.7 Å². The quantitative estimate of drug-likeness (QED) is 0.739. The Bertz CT molecular complexity index is 353. The summed E-state index contributed by atoms with van der Waals surface area (Å²) in [6.07, 6.45) is 3.81. The molecule has 2 aromatic rings. The van der Waals surface area contributed by atoms with Crippen LogP contribution in [0.1, 0.15) is 5.69 Å². The molecule has 0 aliphatic heterocycles. The second-order valence-corrected chi connectivity index (χ2v) is 3.50. The van der Waals surface area contributed by atoms with E-state index in [1.807, 2.05) is 23.8 Å². The molecule has 2 nitrogen and oxygen atoms in total. The van der Waals surface area contributed by atoms with Crippen LogP contribution < -0.4 is 0 Å². The molecular formula is C8H7ClN2S. The zero-order valence-electron chi connectivity index (χ0n) is 6.25. The highest BCUT2D eigenvalue weighted by atomic mass is 35.5. The van der Waals surface area contributed by atoms with Gasteiger partial charge in [-0.05, 0) is 6.07 Å². The van der Waals surface area contributed by atoms with Gasteiger partial charge in [0.05, 0.1) is 11.6 Å². The number of halogens is 1. The van der Waals surface area contributed by atoms with Crippen molar-refractivity contribution in [2.75, 3.05) is 0 Å². The van der Waals surface area contributed by atoms with Gasteiger partial charge in [-0.2, -0.15) is 0 Å². The van der Waals surface area contributed by atoms with E-state index in [2.05, 4.69) is 9.97 Å². The van der Waals surface area contributed by atoms with Crippen molar-refractivity contribution in [3.8, 4) is 10.6 Å². The number of nitrogens with zero attached hydrogens (tertiary/aromatic N) is 1. The first-order valence-corrected chi connectivity index (χ1v) is 4.95. The summed E-state index contributed by atoms with van der Waals surface area (Å²) in [7, 11) is 0. The van der Waals surface area contributed by atoms with Gasteiger partial charge >= 0.3 is 0 Å². The van der Waals surface area contributed by atoms with Crippen LogP contribution in [-0.4, -0.2) is 9.97 Å². The Morgan fingerprint density at radius 1 is 1.58 bits per heavy atom. The molecule has 0 atom stereocenters. The van der Waals surface area contributed by atoms with Gasteiger partial charge in [0.25, 0.3) is 0 Å². The van der Waals surface area contributed by atoms with E-state index in [4.69, 9.17) is 11.6 Å². The molecule has 0 fully saturated rings. The van der Waals surface area contributed by atoms with Crippen molar-refractivity contribution in [3.05, 3.63) is 29.5 Å². The fourth-order valence-corrected chi connectivity index (χ4v) is 2.00. The van der Waals surface area contributed by atoms with Gasteiger partial charge in [-0.15, -0.1) is 22.9 Å². The maximum Gasteiger partial charge on any atom is 0.125 e. The van der Waals surface area contributed by atoms with Crippen molar-refractivity contribution in [1.82, 2.24) is 9.97 Å². The highest BCUT2D eigenvalue weighted by molar-refractivity contribution is 7.13. The number of hydrogen-bond acceptors (Lipinski definition) is 2. The molecule has 2 rings (SSSR count). The van der Waals surface area contributed by atoms with Crippen LogP contribution in [0.3, 0.4) is 0 Å². The monoisotopic (exact) mass is 198 g/mol. The lowest BCUT2D eigenvalue weighted by Gasteiger charge is -1.86. The lowest BCUT2D eigenvalue weighted by atomic mass is 10.4. The molecule has 0 spiro atoms. The summed E-state index contributed by atoms with van der Waals surface area (Å²) in [4.78, 5) is 7.33. The fraction of sp³-hybridized carbons (Fsp3) is 0.125. The SMILES string of the molecule is ClCc1csc(-c2cc[nH]c2)n1. The van der Waals surface area contributed by atoms with Gasteiger partial charge in [-0.1, -0.05) is 0 Å². The van der Waals surface area contributed by atoms with Gasteiger partial charge < -0.3 is 4.98 Å². The molecule has 0 aliphatic carbocycles. The molecule has 0 radical (unpaired) electrons. The van der Waals surface area contributed by atoms with Gasteiger partial charge in [0.2, 0.25) is 0 Å². The molecule has 2 heterocycles. The molecule has 0 amide bonds. The summed E-state index contributed by atoms with van der Waals surface area (Å²) in [6.45, 7) is 0. The van der Waals surface area contributed by atoms with Crippen molar-refractivity contribution < 1.29 is 0 Å². The lowest BCUT2D eigenvalue weighted by Crippen LogP contribution is -1.76. The van der Waals surface area contributed by atoms with E-state index in [1.54, 1.807) is 11.3 Å². The Labute approximate surface area is 79.2 Å². The fourth-order valence-electron chi connectivity index (χ4n) is 0.958. The average molecular weight is 199 g/mol. The number of hydrogen-bond donors (Lipinski definition) is 1. The third-order valence-corrected chi connectivity index (χ3v) is 2.75. The largest absolute Gasteiger partial charge is 0.367 e. The van der Waals surface area contributed by atoms with Crippen molar-refractivity contribution in [2.45, 2.75) is 5.88 Å². The Hall–Kier alpha value is -0.800. The van der Waals surface area contributed by atoms with E-state index in [1.165, 1.54) is 0 Å².